The summed E-state index contributed by atoms with van der Waals surface area (Å²) in [7, 11) is 0. The van der Waals surface area contributed by atoms with Crippen molar-refractivity contribution in [3.63, 3.8) is 0 Å². The van der Waals surface area contributed by atoms with Crippen LogP contribution in [0.15, 0.2) is 18.2 Å². The Morgan fingerprint density at radius 2 is 2.06 bits per heavy atom. The number of carbonyl (C=O) groups excluding carboxylic acids is 1. The van der Waals surface area contributed by atoms with Crippen molar-refractivity contribution in [2.24, 2.45) is 11.5 Å². The fraction of sp³-hybridized carbons (Fsp3) is 0.333. The molecule has 0 atom stereocenters. The summed E-state index contributed by atoms with van der Waals surface area (Å²) in [6, 6.07) is 5.77. The van der Waals surface area contributed by atoms with Gasteiger partial charge in [0.1, 0.15) is 4.99 Å². The second-order valence-corrected chi connectivity index (χ2v) is 4.31. The van der Waals surface area contributed by atoms with E-state index in [1.165, 1.54) is 0 Å². The standard InChI is InChI=1S/C12H17N3OS/c1-3-15(7-11(13)16)10-6-8(2)4-5-9(10)12(14)17/h4-6H,3,7H2,1-2H3,(H2,13,16)(H2,14,17). The van der Waals surface area contributed by atoms with Crippen molar-refractivity contribution >= 4 is 28.8 Å². The van der Waals surface area contributed by atoms with Gasteiger partial charge in [-0.3, -0.25) is 4.79 Å². The van der Waals surface area contributed by atoms with Gasteiger partial charge >= 0.3 is 0 Å². The van der Waals surface area contributed by atoms with E-state index in [4.69, 9.17) is 23.7 Å². The van der Waals surface area contributed by atoms with Crippen LogP contribution in [0.1, 0.15) is 18.1 Å². The van der Waals surface area contributed by atoms with Crippen molar-refractivity contribution in [1.82, 2.24) is 0 Å². The number of thiocarbonyl (C=S) groups is 1. The van der Waals surface area contributed by atoms with Gasteiger partial charge in [-0.2, -0.15) is 0 Å². The summed E-state index contributed by atoms with van der Waals surface area (Å²) in [5.74, 6) is -0.373. The Morgan fingerprint density at radius 3 is 2.53 bits per heavy atom. The molecule has 0 aliphatic carbocycles. The summed E-state index contributed by atoms with van der Waals surface area (Å²) in [5.41, 5.74) is 13.6. The normalized spacial score (nSPS) is 10.0. The Kier molecular flexibility index (Phi) is 4.45. The molecule has 0 aliphatic rings. The van der Waals surface area contributed by atoms with E-state index in [1.807, 2.05) is 36.9 Å². The first-order chi connectivity index (χ1) is 7.95. The van der Waals surface area contributed by atoms with Crippen LogP contribution in [0.3, 0.4) is 0 Å². The number of rotatable bonds is 5. The highest BCUT2D eigenvalue weighted by atomic mass is 32.1. The average molecular weight is 251 g/mol. The Bertz CT molecular complexity index is 445. The third-order valence-corrected chi connectivity index (χ3v) is 2.71. The van der Waals surface area contributed by atoms with Crippen molar-refractivity contribution in [2.45, 2.75) is 13.8 Å². The van der Waals surface area contributed by atoms with Gasteiger partial charge in [-0.1, -0.05) is 18.3 Å². The highest BCUT2D eigenvalue weighted by Gasteiger charge is 2.13. The number of hydrogen-bond donors (Lipinski definition) is 2. The molecule has 4 nitrogen and oxygen atoms in total. The molecule has 0 spiro atoms. The second kappa shape index (κ2) is 5.63. The molecule has 0 saturated carbocycles. The SMILES string of the molecule is CCN(CC(N)=O)c1cc(C)ccc1C(N)=S. The molecule has 92 valence electrons. The number of hydrogen-bond acceptors (Lipinski definition) is 3. The predicted molar refractivity (Wildman–Crippen MR) is 74.1 cm³/mol. The van der Waals surface area contributed by atoms with Crippen LogP contribution in [-0.2, 0) is 4.79 Å². The molecule has 0 aromatic heterocycles. The zero-order chi connectivity index (χ0) is 13.0. The number of amides is 1. The highest BCUT2D eigenvalue weighted by molar-refractivity contribution is 7.80. The first kappa shape index (κ1) is 13.4. The largest absolute Gasteiger partial charge is 0.389 e. The quantitative estimate of drug-likeness (QED) is 0.764. The van der Waals surface area contributed by atoms with Crippen molar-refractivity contribution in [3.05, 3.63) is 29.3 Å². The van der Waals surface area contributed by atoms with Gasteiger partial charge in [0.25, 0.3) is 0 Å². The van der Waals surface area contributed by atoms with Gasteiger partial charge in [0.05, 0.1) is 6.54 Å². The lowest BCUT2D eigenvalue weighted by Crippen LogP contribution is -2.35. The van der Waals surface area contributed by atoms with Gasteiger partial charge in [-0.05, 0) is 31.5 Å². The summed E-state index contributed by atoms with van der Waals surface area (Å²) < 4.78 is 0. The van der Waals surface area contributed by atoms with Gasteiger partial charge in [0.15, 0.2) is 0 Å². The molecular formula is C12H17N3OS. The van der Waals surface area contributed by atoms with E-state index in [9.17, 15) is 4.79 Å². The maximum atomic E-state index is 11.0. The molecule has 1 rings (SSSR count). The Balaban J connectivity index is 3.20. The molecule has 17 heavy (non-hydrogen) atoms. The lowest BCUT2D eigenvalue weighted by molar-refractivity contribution is -0.116. The lowest BCUT2D eigenvalue weighted by Gasteiger charge is -2.24. The molecule has 4 N–H and O–H groups in total. The fourth-order valence-electron chi connectivity index (χ4n) is 1.67. The van der Waals surface area contributed by atoms with E-state index >= 15 is 0 Å². The van der Waals surface area contributed by atoms with Gasteiger partial charge < -0.3 is 16.4 Å². The van der Waals surface area contributed by atoms with E-state index in [0.717, 1.165) is 16.8 Å². The van der Waals surface area contributed by atoms with Crippen LogP contribution in [0.5, 0.6) is 0 Å². The van der Waals surface area contributed by atoms with Crippen molar-refractivity contribution in [2.75, 3.05) is 18.0 Å². The number of nitrogens with two attached hydrogens (primary N) is 2. The summed E-state index contributed by atoms with van der Waals surface area (Å²) in [4.78, 5) is 13.2. The van der Waals surface area contributed by atoms with Crippen molar-refractivity contribution in [3.8, 4) is 0 Å². The van der Waals surface area contributed by atoms with E-state index < -0.39 is 0 Å². The van der Waals surface area contributed by atoms with Gasteiger partial charge in [-0.15, -0.1) is 0 Å². The minimum Gasteiger partial charge on any atom is -0.389 e. The average Bonchev–Trinajstić information content (AvgIpc) is 2.25. The monoisotopic (exact) mass is 251 g/mol. The number of nitrogens with zero attached hydrogens (tertiary/aromatic N) is 1. The minimum atomic E-state index is -0.373. The molecule has 1 amide bonds. The maximum absolute atomic E-state index is 11.0. The number of likely N-dealkylation sites (N-methyl/N-ethyl adjacent to an activating group) is 1. The molecule has 0 radical (unpaired) electrons. The number of carbonyl (C=O) groups is 1. The number of anilines is 1. The molecule has 0 unspecified atom stereocenters. The zero-order valence-corrected chi connectivity index (χ0v) is 10.9. The third-order valence-electron chi connectivity index (χ3n) is 2.49. The van der Waals surface area contributed by atoms with Gasteiger partial charge in [0, 0.05) is 17.8 Å². The Morgan fingerprint density at radius 1 is 1.41 bits per heavy atom. The molecular weight excluding hydrogens is 234 g/mol. The smallest absolute Gasteiger partial charge is 0.236 e. The maximum Gasteiger partial charge on any atom is 0.236 e. The van der Waals surface area contributed by atoms with Gasteiger partial charge in [0.2, 0.25) is 5.91 Å². The summed E-state index contributed by atoms with van der Waals surface area (Å²) in [5, 5.41) is 0. The van der Waals surface area contributed by atoms with Crippen LogP contribution in [0.4, 0.5) is 5.69 Å². The molecule has 0 bridgehead atoms. The van der Waals surface area contributed by atoms with Crippen LogP contribution in [0, 0.1) is 6.92 Å². The van der Waals surface area contributed by atoms with Crippen LogP contribution in [0.2, 0.25) is 0 Å². The second-order valence-electron chi connectivity index (χ2n) is 3.87. The van der Waals surface area contributed by atoms with Crippen molar-refractivity contribution in [1.29, 1.82) is 0 Å². The number of primary amides is 1. The zero-order valence-electron chi connectivity index (χ0n) is 10.1. The molecule has 0 saturated heterocycles. The molecule has 0 fully saturated rings. The summed E-state index contributed by atoms with van der Waals surface area (Å²) >= 11 is 5.01. The molecule has 1 aromatic rings. The first-order valence-electron chi connectivity index (χ1n) is 5.39. The Labute approximate surface area is 107 Å². The van der Waals surface area contributed by atoms with Crippen LogP contribution in [-0.4, -0.2) is 24.0 Å². The van der Waals surface area contributed by atoms with Crippen LogP contribution < -0.4 is 16.4 Å². The molecule has 0 aliphatic heterocycles. The molecule has 1 aromatic carbocycles. The fourth-order valence-corrected chi connectivity index (χ4v) is 1.84. The van der Waals surface area contributed by atoms with E-state index in [0.29, 0.717) is 11.5 Å². The molecule has 0 heterocycles. The number of aryl methyl sites for hydroxylation is 1. The van der Waals surface area contributed by atoms with Gasteiger partial charge in [-0.25, -0.2) is 0 Å². The summed E-state index contributed by atoms with van der Waals surface area (Å²) in [6.45, 7) is 4.76. The highest BCUT2D eigenvalue weighted by Crippen LogP contribution is 2.22. The third kappa shape index (κ3) is 3.42. The first-order valence-corrected chi connectivity index (χ1v) is 5.80. The predicted octanol–water partition coefficient (Wildman–Crippen LogP) is 0.941. The van der Waals surface area contributed by atoms with E-state index in [-0.39, 0.29) is 12.5 Å². The van der Waals surface area contributed by atoms with Crippen molar-refractivity contribution < 1.29 is 4.79 Å². The molecule has 5 heteroatoms. The Hall–Kier alpha value is -1.62. The number of benzene rings is 1. The topological polar surface area (TPSA) is 72.3 Å². The van der Waals surface area contributed by atoms with E-state index in [2.05, 4.69) is 0 Å². The van der Waals surface area contributed by atoms with Crippen LogP contribution in [0.25, 0.3) is 0 Å². The minimum absolute atomic E-state index is 0.162. The van der Waals surface area contributed by atoms with Crippen LogP contribution >= 0.6 is 12.2 Å². The summed E-state index contributed by atoms with van der Waals surface area (Å²) in [6.07, 6.45) is 0. The lowest BCUT2D eigenvalue weighted by atomic mass is 10.1. The van der Waals surface area contributed by atoms with E-state index in [1.54, 1.807) is 0 Å².